The van der Waals surface area contributed by atoms with Gasteiger partial charge >= 0.3 is 0 Å². The highest BCUT2D eigenvalue weighted by atomic mass is 32.2. The molecule has 30 heavy (non-hydrogen) atoms. The van der Waals surface area contributed by atoms with E-state index in [1.807, 2.05) is 13.2 Å². The first-order valence-electron chi connectivity index (χ1n) is 11.1. The van der Waals surface area contributed by atoms with Crippen molar-refractivity contribution in [3.8, 4) is 0 Å². The smallest absolute Gasteiger partial charge is 0.241 e. The van der Waals surface area contributed by atoms with Crippen LogP contribution in [0.4, 0.5) is 0 Å². The molecule has 0 spiro atoms. The zero-order valence-corrected chi connectivity index (χ0v) is 19.7. The zero-order chi connectivity index (χ0) is 21.4. The summed E-state index contributed by atoms with van der Waals surface area (Å²) in [6.45, 7) is 2.61. The number of benzene rings is 1. The second kappa shape index (κ2) is 8.83. The van der Waals surface area contributed by atoms with Gasteiger partial charge in [0.1, 0.15) is 6.04 Å². The Labute approximate surface area is 185 Å². The molecular weight excluding hydrogens is 416 g/mol. The van der Waals surface area contributed by atoms with Crippen molar-refractivity contribution in [1.82, 2.24) is 10.0 Å². The molecule has 1 amide bonds. The molecule has 4 saturated carbocycles. The molecule has 1 atom stereocenters. The second-order valence-corrected chi connectivity index (χ2v) is 12.6. The Bertz CT molecular complexity index is 832. The van der Waals surface area contributed by atoms with Gasteiger partial charge in [-0.2, -0.15) is 16.5 Å². The van der Waals surface area contributed by atoms with Gasteiger partial charge in [-0.15, -0.1) is 0 Å². The van der Waals surface area contributed by atoms with Crippen molar-refractivity contribution in [1.29, 1.82) is 0 Å². The summed E-state index contributed by atoms with van der Waals surface area (Å²) < 4.78 is 28.4. The van der Waals surface area contributed by atoms with Gasteiger partial charge < -0.3 is 5.32 Å². The molecule has 4 bridgehead atoms. The fraction of sp³-hybridized carbons (Fsp3) is 0.696. The number of carbonyl (C=O) groups excluding carboxylic acids is 1. The van der Waals surface area contributed by atoms with E-state index in [1.54, 1.807) is 36.0 Å². The molecule has 2 N–H and O–H groups in total. The summed E-state index contributed by atoms with van der Waals surface area (Å²) in [5, 5.41) is 3.16. The molecule has 1 unspecified atom stereocenters. The molecule has 4 fully saturated rings. The molecule has 0 heterocycles. The van der Waals surface area contributed by atoms with Gasteiger partial charge in [0.05, 0.1) is 4.90 Å². The lowest BCUT2D eigenvalue weighted by Crippen LogP contribution is -2.54. The van der Waals surface area contributed by atoms with Crippen molar-refractivity contribution in [3.05, 3.63) is 29.8 Å². The molecule has 4 aliphatic rings. The van der Waals surface area contributed by atoms with Crippen LogP contribution in [-0.4, -0.2) is 38.9 Å². The maximum absolute atomic E-state index is 13.1. The van der Waals surface area contributed by atoms with Crippen molar-refractivity contribution in [2.75, 3.05) is 18.6 Å². The number of carbonyl (C=O) groups is 1. The van der Waals surface area contributed by atoms with Gasteiger partial charge in [0.2, 0.25) is 15.9 Å². The first-order chi connectivity index (χ1) is 14.3. The highest BCUT2D eigenvalue weighted by Gasteiger charge is 2.50. The van der Waals surface area contributed by atoms with Gasteiger partial charge in [-0.25, -0.2) is 8.42 Å². The minimum atomic E-state index is -3.74. The molecule has 1 aromatic carbocycles. The van der Waals surface area contributed by atoms with Crippen LogP contribution in [0.5, 0.6) is 0 Å². The zero-order valence-electron chi connectivity index (χ0n) is 18.0. The molecule has 5 rings (SSSR count). The predicted octanol–water partition coefficient (Wildman–Crippen LogP) is 3.73. The van der Waals surface area contributed by atoms with Crippen LogP contribution < -0.4 is 10.0 Å². The number of aryl methyl sites for hydroxylation is 1. The SMILES string of the molecule is CSCCC(NS(=O)(=O)c1ccc(C)cc1)C(=O)NCC12CC3CC(CC(C3)C1)C2. The van der Waals surface area contributed by atoms with E-state index in [-0.39, 0.29) is 16.2 Å². The van der Waals surface area contributed by atoms with Crippen LogP contribution in [0.2, 0.25) is 0 Å². The Morgan fingerprint density at radius 3 is 2.20 bits per heavy atom. The standard InChI is InChI=1S/C23H34N2O3S2/c1-16-3-5-20(6-4-16)30(27,28)25-21(7-8-29-2)22(26)24-15-23-12-17-9-18(13-23)11-19(10-17)14-23/h3-6,17-19,21,25H,7-15H2,1-2H3,(H,24,26). The van der Waals surface area contributed by atoms with Crippen molar-refractivity contribution in [2.45, 2.75) is 62.8 Å². The lowest BCUT2D eigenvalue weighted by atomic mass is 9.49. The van der Waals surface area contributed by atoms with Crippen LogP contribution in [-0.2, 0) is 14.8 Å². The number of sulfonamides is 1. The monoisotopic (exact) mass is 450 g/mol. The van der Waals surface area contributed by atoms with Gasteiger partial charge in [-0.05, 0) is 99.2 Å². The molecule has 1 aromatic rings. The van der Waals surface area contributed by atoms with Crippen LogP contribution in [0.25, 0.3) is 0 Å². The van der Waals surface area contributed by atoms with E-state index in [0.29, 0.717) is 13.0 Å². The summed E-state index contributed by atoms with van der Waals surface area (Å²) in [7, 11) is -3.74. The molecule has 0 radical (unpaired) electrons. The molecular formula is C23H34N2O3S2. The van der Waals surface area contributed by atoms with E-state index >= 15 is 0 Å². The average molecular weight is 451 g/mol. The largest absolute Gasteiger partial charge is 0.354 e. The van der Waals surface area contributed by atoms with Crippen LogP contribution >= 0.6 is 11.8 Å². The van der Waals surface area contributed by atoms with Crippen molar-refractivity contribution < 1.29 is 13.2 Å². The number of thioether (sulfide) groups is 1. The number of nitrogens with one attached hydrogen (secondary N) is 2. The van der Waals surface area contributed by atoms with E-state index in [0.717, 1.165) is 29.1 Å². The Kier molecular flexibility index (Phi) is 6.52. The van der Waals surface area contributed by atoms with Crippen LogP contribution in [0.15, 0.2) is 29.2 Å². The average Bonchev–Trinajstić information content (AvgIpc) is 2.68. The Morgan fingerprint density at radius 1 is 1.10 bits per heavy atom. The molecule has 166 valence electrons. The van der Waals surface area contributed by atoms with Crippen LogP contribution in [0, 0.1) is 30.1 Å². The molecule has 0 aromatic heterocycles. The normalized spacial score (nSPS) is 30.9. The van der Waals surface area contributed by atoms with Gasteiger partial charge in [0.15, 0.2) is 0 Å². The number of rotatable bonds is 9. The highest BCUT2D eigenvalue weighted by molar-refractivity contribution is 7.98. The summed E-state index contributed by atoms with van der Waals surface area (Å²) in [6.07, 6.45) is 10.3. The van der Waals surface area contributed by atoms with Crippen LogP contribution in [0.1, 0.15) is 50.5 Å². The maximum atomic E-state index is 13.1. The van der Waals surface area contributed by atoms with Crippen molar-refractivity contribution >= 4 is 27.7 Å². The van der Waals surface area contributed by atoms with Crippen LogP contribution in [0.3, 0.4) is 0 Å². The number of amides is 1. The Hall–Kier alpha value is -1.05. The summed E-state index contributed by atoms with van der Waals surface area (Å²) in [6, 6.07) is 6.00. The molecule has 5 nitrogen and oxygen atoms in total. The summed E-state index contributed by atoms with van der Waals surface area (Å²) in [5.74, 6) is 3.04. The van der Waals surface area contributed by atoms with Gasteiger partial charge in [-0.3, -0.25) is 4.79 Å². The highest BCUT2D eigenvalue weighted by Crippen LogP contribution is 2.59. The summed E-state index contributed by atoms with van der Waals surface area (Å²) in [4.78, 5) is 13.3. The summed E-state index contributed by atoms with van der Waals surface area (Å²) in [5.41, 5.74) is 1.24. The molecule has 0 aliphatic heterocycles. The lowest BCUT2D eigenvalue weighted by molar-refractivity contribution is -0.124. The maximum Gasteiger partial charge on any atom is 0.241 e. The third kappa shape index (κ3) is 4.89. The van der Waals surface area contributed by atoms with Gasteiger partial charge in [0.25, 0.3) is 0 Å². The quantitative estimate of drug-likeness (QED) is 0.601. The summed E-state index contributed by atoms with van der Waals surface area (Å²) >= 11 is 1.62. The third-order valence-electron chi connectivity index (χ3n) is 7.36. The predicted molar refractivity (Wildman–Crippen MR) is 122 cm³/mol. The molecule has 7 heteroatoms. The van der Waals surface area contributed by atoms with E-state index < -0.39 is 16.1 Å². The topological polar surface area (TPSA) is 75.3 Å². The fourth-order valence-corrected chi connectivity index (χ4v) is 8.06. The fourth-order valence-electron chi connectivity index (χ4n) is 6.36. The number of hydrogen-bond acceptors (Lipinski definition) is 4. The third-order valence-corrected chi connectivity index (χ3v) is 9.49. The van der Waals surface area contributed by atoms with E-state index in [9.17, 15) is 13.2 Å². The van der Waals surface area contributed by atoms with Crippen molar-refractivity contribution in [3.63, 3.8) is 0 Å². The molecule has 0 saturated heterocycles. The van der Waals surface area contributed by atoms with Gasteiger partial charge in [-0.1, -0.05) is 17.7 Å². The van der Waals surface area contributed by atoms with Gasteiger partial charge in [0, 0.05) is 6.54 Å². The van der Waals surface area contributed by atoms with E-state index in [1.165, 1.54) is 38.5 Å². The van der Waals surface area contributed by atoms with Crippen molar-refractivity contribution in [2.24, 2.45) is 23.2 Å². The molecule has 4 aliphatic carbocycles. The second-order valence-electron chi connectivity index (χ2n) is 9.90. The minimum absolute atomic E-state index is 0.185. The Balaban J connectivity index is 1.41. The Morgan fingerprint density at radius 2 is 1.67 bits per heavy atom. The lowest BCUT2D eigenvalue weighted by Gasteiger charge is -2.57. The first kappa shape index (κ1) is 22.2. The number of hydrogen-bond donors (Lipinski definition) is 2. The first-order valence-corrected chi connectivity index (χ1v) is 14.0. The minimum Gasteiger partial charge on any atom is -0.354 e. The van der Waals surface area contributed by atoms with E-state index in [4.69, 9.17) is 0 Å². The van der Waals surface area contributed by atoms with E-state index in [2.05, 4.69) is 10.0 Å².